The Bertz CT molecular complexity index is 2000. The van der Waals surface area contributed by atoms with Crippen LogP contribution in [0.2, 0.25) is 0 Å². The molecule has 1 aromatic carbocycles. The Labute approximate surface area is 316 Å². The molecule has 3 aromatic heterocycles. The van der Waals surface area contributed by atoms with E-state index >= 15 is 0 Å². The number of hydrogen-bond donors (Lipinski definition) is 5. The highest BCUT2D eigenvalue weighted by Gasteiger charge is 2.48. The maximum atomic E-state index is 11.8. The van der Waals surface area contributed by atoms with Crippen molar-refractivity contribution in [3.05, 3.63) is 76.4 Å². The molecular weight excluding hydrogens is 683 g/mol. The van der Waals surface area contributed by atoms with Crippen molar-refractivity contribution in [2.45, 2.75) is 89.6 Å². The number of likely N-dealkylation sites (tertiary alicyclic amines) is 1. The zero-order valence-corrected chi connectivity index (χ0v) is 31.5. The van der Waals surface area contributed by atoms with E-state index in [1.54, 1.807) is 18.2 Å². The number of para-hydroxylation sites is 1. The van der Waals surface area contributed by atoms with Crippen LogP contribution < -0.4 is 21.3 Å². The first-order chi connectivity index (χ1) is 26.0. The molecule has 4 aromatic rings. The van der Waals surface area contributed by atoms with Crippen LogP contribution >= 0.6 is 0 Å². The van der Waals surface area contributed by atoms with Gasteiger partial charge in [0.25, 0.3) is 0 Å². The van der Waals surface area contributed by atoms with Crippen molar-refractivity contribution in [1.29, 1.82) is 0 Å². The summed E-state index contributed by atoms with van der Waals surface area (Å²) < 4.78 is 5.51. The van der Waals surface area contributed by atoms with Crippen LogP contribution in [0.4, 0.5) is 17.6 Å². The molecule has 1 aliphatic carbocycles. The molecule has 2 atom stereocenters. The Morgan fingerprint density at radius 1 is 1.07 bits per heavy atom. The van der Waals surface area contributed by atoms with Gasteiger partial charge in [-0.15, -0.1) is 0 Å². The fourth-order valence-electron chi connectivity index (χ4n) is 9.66. The number of nitrogen functional groups attached to an aromatic ring is 1. The third kappa shape index (κ3) is 6.67. The Balaban J connectivity index is 0.836. The van der Waals surface area contributed by atoms with Crippen molar-refractivity contribution in [1.82, 2.24) is 25.0 Å². The summed E-state index contributed by atoms with van der Waals surface area (Å²) in [5.74, 6) is 1.47. The van der Waals surface area contributed by atoms with Gasteiger partial charge in [-0.3, -0.25) is 4.79 Å². The minimum absolute atomic E-state index is 0.0192. The van der Waals surface area contributed by atoms with Crippen LogP contribution in [-0.4, -0.2) is 80.0 Å². The van der Waals surface area contributed by atoms with Crippen molar-refractivity contribution in [2.75, 3.05) is 48.3 Å². The molecule has 3 fully saturated rings. The van der Waals surface area contributed by atoms with Gasteiger partial charge in [-0.1, -0.05) is 31.1 Å². The number of nitrogens with one attached hydrogen (secondary N) is 1. The minimum atomic E-state index is -0.870. The van der Waals surface area contributed by atoms with Crippen LogP contribution in [0.15, 0.2) is 47.2 Å². The van der Waals surface area contributed by atoms with Crippen LogP contribution in [-0.2, 0) is 11.2 Å². The highest BCUT2D eigenvalue weighted by molar-refractivity contribution is 5.86. The molecule has 8 rings (SSSR count). The molecule has 2 unspecified atom stereocenters. The van der Waals surface area contributed by atoms with E-state index in [0.29, 0.717) is 46.2 Å². The number of nitrogens with zero attached hydrogens (tertiary/aromatic N) is 6. The molecule has 1 spiro atoms. The second-order valence-electron chi connectivity index (χ2n) is 16.4. The Kier molecular flexibility index (Phi) is 9.53. The van der Waals surface area contributed by atoms with E-state index < -0.39 is 11.9 Å². The van der Waals surface area contributed by atoms with Crippen LogP contribution in [0, 0.1) is 11.3 Å². The van der Waals surface area contributed by atoms with Gasteiger partial charge in [-0.05, 0) is 99.6 Å². The number of phenolic OH excluding ortho intramolecular Hbond substituents is 1. The van der Waals surface area contributed by atoms with Gasteiger partial charge >= 0.3 is 5.97 Å². The predicted molar refractivity (Wildman–Crippen MR) is 209 cm³/mol. The molecule has 13 nitrogen and oxygen atoms in total. The van der Waals surface area contributed by atoms with Crippen molar-refractivity contribution in [3.8, 4) is 5.75 Å². The van der Waals surface area contributed by atoms with Crippen LogP contribution in [0.25, 0.3) is 11.8 Å². The number of aromatic hydroxyl groups is 1. The summed E-state index contributed by atoms with van der Waals surface area (Å²) in [6.45, 7) is 10.8. The largest absolute Gasteiger partial charge is 0.507 e. The summed E-state index contributed by atoms with van der Waals surface area (Å²) in [4.78, 5) is 32.1. The highest BCUT2D eigenvalue weighted by atomic mass is 16.5. The Hall–Kier alpha value is -5.04. The second kappa shape index (κ2) is 14.3. The van der Waals surface area contributed by atoms with Gasteiger partial charge in [-0.25, -0.2) is 9.97 Å². The number of aromatic amines is 1. The average Bonchev–Trinajstić information content (AvgIpc) is 3.75. The van der Waals surface area contributed by atoms with Crippen molar-refractivity contribution >= 4 is 35.3 Å². The van der Waals surface area contributed by atoms with E-state index in [9.17, 15) is 15.0 Å². The van der Waals surface area contributed by atoms with E-state index in [2.05, 4.69) is 31.8 Å². The fourth-order valence-corrected chi connectivity index (χ4v) is 9.66. The lowest BCUT2D eigenvalue weighted by Crippen LogP contribution is -2.56. The molecule has 286 valence electrons. The lowest BCUT2D eigenvalue weighted by atomic mass is 9.59. The van der Waals surface area contributed by atoms with Gasteiger partial charge < -0.3 is 45.9 Å². The zero-order valence-electron chi connectivity index (χ0n) is 31.5. The van der Waals surface area contributed by atoms with E-state index in [4.69, 9.17) is 26.0 Å². The lowest BCUT2D eigenvalue weighted by molar-refractivity contribution is -0.140. The number of nitrogens with two attached hydrogens (primary N) is 2. The number of carbonyl (C=O) groups is 1. The molecule has 6 heterocycles. The molecule has 2 saturated heterocycles. The van der Waals surface area contributed by atoms with Gasteiger partial charge in [0.05, 0.1) is 6.04 Å². The minimum Gasteiger partial charge on any atom is -0.507 e. The third-order valence-corrected chi connectivity index (χ3v) is 12.9. The van der Waals surface area contributed by atoms with Crippen LogP contribution in [0.1, 0.15) is 111 Å². The Morgan fingerprint density at radius 3 is 2.44 bits per heavy atom. The predicted octanol–water partition coefficient (Wildman–Crippen LogP) is 6.11. The summed E-state index contributed by atoms with van der Waals surface area (Å²) in [6.07, 6.45) is 13.7. The van der Waals surface area contributed by atoms with Crippen LogP contribution in [0.5, 0.6) is 5.75 Å². The first kappa shape index (κ1) is 36.0. The number of aromatic nitrogens is 4. The standard InChI is InChI=1S/C41H53N9O4/c1-24(2)36(39(52)53)34-19-35(47-54-34)49-16-11-41(12-17-49)20-28(21-41)48-13-8-26(9-14-48)27-22-44-40(45-23-27)50-15-10-32-37(25(50)3)30(38(43)46-32)18-31(42)29-6-4-5-7-33(29)51/h4-7,18-19,22-26,28,36,46,51H,8-17,20-21,42-43H2,1-3H3,(H,52,53)/b31-18-. The summed E-state index contributed by atoms with van der Waals surface area (Å²) in [5.41, 5.74) is 18.6. The number of aliphatic carboxylic acids is 1. The summed E-state index contributed by atoms with van der Waals surface area (Å²) in [6, 6.07) is 9.51. The molecule has 54 heavy (non-hydrogen) atoms. The van der Waals surface area contributed by atoms with Gasteiger partial charge in [0, 0.05) is 78.6 Å². The summed E-state index contributed by atoms with van der Waals surface area (Å²) >= 11 is 0. The molecule has 1 saturated carbocycles. The number of piperidine rings is 2. The number of hydrogen-bond acceptors (Lipinski definition) is 11. The number of carboxylic acids is 1. The fraction of sp³-hybridized carbons (Fsp3) is 0.512. The number of H-pyrrole nitrogens is 1. The van der Waals surface area contributed by atoms with E-state index in [1.165, 1.54) is 18.4 Å². The molecule has 0 amide bonds. The zero-order chi connectivity index (χ0) is 37.7. The number of rotatable bonds is 9. The quantitative estimate of drug-likeness (QED) is 0.133. The van der Waals surface area contributed by atoms with Crippen molar-refractivity contribution < 1.29 is 19.5 Å². The third-order valence-electron chi connectivity index (χ3n) is 12.9. The normalized spacial score (nSPS) is 21.7. The van der Waals surface area contributed by atoms with Crippen molar-refractivity contribution in [2.24, 2.45) is 17.1 Å². The average molecular weight is 736 g/mol. The van der Waals surface area contributed by atoms with Gasteiger partial charge in [0.1, 0.15) is 17.5 Å². The van der Waals surface area contributed by atoms with E-state index in [0.717, 1.165) is 87.5 Å². The highest BCUT2D eigenvalue weighted by Crippen LogP contribution is 2.52. The molecule has 7 N–H and O–H groups in total. The summed E-state index contributed by atoms with van der Waals surface area (Å²) in [7, 11) is 0. The first-order valence-electron chi connectivity index (χ1n) is 19.5. The number of anilines is 3. The monoisotopic (exact) mass is 735 g/mol. The number of fused-ring (bicyclic) bond motifs is 1. The number of carboxylic acid groups (broad SMARTS) is 1. The molecular formula is C41H53N9O4. The van der Waals surface area contributed by atoms with Gasteiger partial charge in [0.15, 0.2) is 11.6 Å². The van der Waals surface area contributed by atoms with E-state index in [1.807, 2.05) is 44.4 Å². The second-order valence-corrected chi connectivity index (χ2v) is 16.4. The molecule has 3 aliphatic heterocycles. The first-order valence-corrected chi connectivity index (χ1v) is 19.5. The Morgan fingerprint density at radius 2 is 1.78 bits per heavy atom. The number of benzene rings is 1. The van der Waals surface area contributed by atoms with Gasteiger partial charge in [-0.2, -0.15) is 0 Å². The molecule has 0 bridgehead atoms. The molecule has 4 aliphatic rings. The smallest absolute Gasteiger partial charge is 0.314 e. The number of phenols is 1. The van der Waals surface area contributed by atoms with Crippen LogP contribution in [0.3, 0.4) is 0 Å². The maximum absolute atomic E-state index is 11.8. The SMILES string of the molecule is CC(C)C(C(=O)O)c1cc(N2CCC3(CC2)CC(N2CCC(c4cnc(N5CCc6[nH]c(N)c(/C=C(\N)c7ccccc7O)c6C5C)nc4)CC2)C3)no1. The summed E-state index contributed by atoms with van der Waals surface area (Å²) in [5, 5.41) is 24.2. The topological polar surface area (TPSA) is 187 Å². The lowest BCUT2D eigenvalue weighted by Gasteiger charge is -2.56. The molecule has 13 heteroatoms. The van der Waals surface area contributed by atoms with Gasteiger partial charge in [0.2, 0.25) is 5.95 Å². The van der Waals surface area contributed by atoms with E-state index in [-0.39, 0.29) is 17.7 Å². The van der Waals surface area contributed by atoms with Crippen molar-refractivity contribution in [3.63, 3.8) is 0 Å². The maximum Gasteiger partial charge on any atom is 0.314 e. The molecule has 0 radical (unpaired) electrons.